The lowest BCUT2D eigenvalue weighted by Crippen LogP contribution is -2.31. The molecule has 2 aromatic rings. The van der Waals surface area contributed by atoms with Crippen molar-refractivity contribution in [2.24, 2.45) is 5.73 Å². The summed E-state index contributed by atoms with van der Waals surface area (Å²) in [4.78, 5) is 24.0. The van der Waals surface area contributed by atoms with Gasteiger partial charge in [-0.3, -0.25) is 9.59 Å². The second kappa shape index (κ2) is 6.96. The average molecular weight is 340 g/mol. The minimum absolute atomic E-state index is 0.0281. The lowest BCUT2D eigenvalue weighted by Gasteiger charge is -2.08. The molecule has 128 valence electrons. The van der Waals surface area contributed by atoms with E-state index in [2.05, 4.69) is 5.32 Å². The monoisotopic (exact) mass is 340 g/mol. The second-order valence-corrected chi connectivity index (χ2v) is 5.22. The summed E-state index contributed by atoms with van der Waals surface area (Å²) in [6.45, 7) is 0.152. The first kappa shape index (κ1) is 16.4. The lowest BCUT2D eigenvalue weighted by atomic mass is 10.1. The van der Waals surface area contributed by atoms with Gasteiger partial charge in [0.2, 0.25) is 6.79 Å². The number of rotatable bonds is 5. The van der Waals surface area contributed by atoms with E-state index < -0.39 is 11.8 Å². The summed E-state index contributed by atoms with van der Waals surface area (Å²) in [6.07, 6.45) is 1.48. The van der Waals surface area contributed by atoms with E-state index >= 15 is 0 Å². The minimum atomic E-state index is -0.750. The molecule has 7 heteroatoms. The molecule has 3 rings (SSSR count). The normalized spacial score (nSPS) is 12.6. The van der Waals surface area contributed by atoms with Crippen LogP contribution in [0.15, 0.2) is 48.2 Å². The van der Waals surface area contributed by atoms with E-state index in [0.717, 1.165) is 0 Å². The molecule has 7 nitrogen and oxygen atoms in total. The maximum atomic E-state index is 12.3. The summed E-state index contributed by atoms with van der Waals surface area (Å²) in [7, 11) is 1.54. The number of amides is 2. The number of fused-ring (bicyclic) bond motifs is 1. The molecule has 0 spiro atoms. The quantitative estimate of drug-likeness (QED) is 0.807. The van der Waals surface area contributed by atoms with E-state index in [0.29, 0.717) is 28.4 Å². The largest absolute Gasteiger partial charge is 0.497 e. The van der Waals surface area contributed by atoms with Crippen LogP contribution in [0.25, 0.3) is 6.08 Å². The fourth-order valence-electron chi connectivity index (χ4n) is 2.28. The van der Waals surface area contributed by atoms with Gasteiger partial charge in [0.25, 0.3) is 11.8 Å². The first-order valence-corrected chi connectivity index (χ1v) is 7.43. The highest BCUT2D eigenvalue weighted by atomic mass is 16.7. The van der Waals surface area contributed by atoms with E-state index in [1.807, 2.05) is 0 Å². The summed E-state index contributed by atoms with van der Waals surface area (Å²) >= 11 is 0. The lowest BCUT2D eigenvalue weighted by molar-refractivity contribution is -0.114. The maximum absolute atomic E-state index is 12.3. The van der Waals surface area contributed by atoms with Crippen molar-refractivity contribution in [1.29, 1.82) is 0 Å². The number of ether oxygens (including phenoxy) is 3. The van der Waals surface area contributed by atoms with Crippen LogP contribution >= 0.6 is 0 Å². The van der Waals surface area contributed by atoms with Gasteiger partial charge in [-0.1, -0.05) is 6.07 Å². The molecule has 0 saturated carbocycles. The van der Waals surface area contributed by atoms with Gasteiger partial charge >= 0.3 is 0 Å². The third kappa shape index (κ3) is 3.72. The molecule has 2 aromatic carbocycles. The summed E-state index contributed by atoms with van der Waals surface area (Å²) < 4.78 is 15.6. The molecular weight excluding hydrogens is 324 g/mol. The van der Waals surface area contributed by atoms with Crippen LogP contribution in [0.1, 0.15) is 15.9 Å². The van der Waals surface area contributed by atoms with Gasteiger partial charge in [0, 0.05) is 5.56 Å². The zero-order valence-electron chi connectivity index (χ0n) is 13.4. The predicted molar refractivity (Wildman–Crippen MR) is 90.2 cm³/mol. The predicted octanol–water partition coefficient (Wildman–Crippen LogP) is 1.68. The van der Waals surface area contributed by atoms with Crippen LogP contribution < -0.4 is 25.3 Å². The van der Waals surface area contributed by atoms with Gasteiger partial charge in [-0.15, -0.1) is 0 Å². The van der Waals surface area contributed by atoms with Crippen molar-refractivity contribution >= 4 is 17.9 Å². The molecule has 2 amide bonds. The van der Waals surface area contributed by atoms with Gasteiger partial charge in [-0.2, -0.15) is 0 Å². The van der Waals surface area contributed by atoms with Gasteiger partial charge in [0.05, 0.1) is 7.11 Å². The topological polar surface area (TPSA) is 99.9 Å². The molecule has 0 fully saturated rings. The SMILES string of the molecule is COc1ccc(C(=O)NC(=Cc2ccc3c(c2)OCO3)C(N)=O)cc1. The Morgan fingerprint density at radius 2 is 1.84 bits per heavy atom. The van der Waals surface area contributed by atoms with Gasteiger partial charge in [0.1, 0.15) is 11.4 Å². The molecule has 0 atom stereocenters. The molecule has 25 heavy (non-hydrogen) atoms. The van der Waals surface area contributed by atoms with Crippen LogP contribution in [0, 0.1) is 0 Å². The Hall–Kier alpha value is -3.48. The zero-order chi connectivity index (χ0) is 17.8. The van der Waals surface area contributed by atoms with Crippen molar-refractivity contribution < 1.29 is 23.8 Å². The molecular formula is C18H16N2O5. The van der Waals surface area contributed by atoms with E-state index in [9.17, 15) is 9.59 Å². The minimum Gasteiger partial charge on any atom is -0.497 e. The Balaban J connectivity index is 1.80. The number of carbonyl (C=O) groups excluding carboxylic acids is 2. The fourth-order valence-corrected chi connectivity index (χ4v) is 2.28. The van der Waals surface area contributed by atoms with Crippen molar-refractivity contribution in [3.63, 3.8) is 0 Å². The van der Waals surface area contributed by atoms with E-state index in [1.165, 1.54) is 13.2 Å². The molecule has 0 radical (unpaired) electrons. The van der Waals surface area contributed by atoms with Crippen LogP contribution in [0.5, 0.6) is 17.2 Å². The molecule has 0 aliphatic carbocycles. The number of hydrogen-bond acceptors (Lipinski definition) is 5. The summed E-state index contributed by atoms with van der Waals surface area (Å²) in [5, 5.41) is 2.52. The van der Waals surface area contributed by atoms with Gasteiger partial charge in [0.15, 0.2) is 11.5 Å². The highest BCUT2D eigenvalue weighted by Gasteiger charge is 2.15. The third-order valence-electron chi connectivity index (χ3n) is 3.57. The van der Waals surface area contributed by atoms with Crippen molar-refractivity contribution in [1.82, 2.24) is 5.32 Å². The average Bonchev–Trinajstić information content (AvgIpc) is 3.08. The number of hydrogen-bond donors (Lipinski definition) is 2. The van der Waals surface area contributed by atoms with Crippen molar-refractivity contribution in [3.05, 3.63) is 59.3 Å². The number of methoxy groups -OCH3 is 1. The summed E-state index contributed by atoms with van der Waals surface area (Å²) in [5.41, 5.74) is 6.36. The standard InChI is InChI=1S/C18H16N2O5/c1-23-13-5-3-12(4-6-13)18(22)20-14(17(19)21)8-11-2-7-15-16(9-11)25-10-24-15/h2-9H,10H2,1H3,(H2,19,21)(H,20,22). The van der Waals surface area contributed by atoms with Crippen molar-refractivity contribution in [3.8, 4) is 17.2 Å². The molecule has 0 unspecified atom stereocenters. The number of benzene rings is 2. The van der Waals surface area contributed by atoms with Crippen LogP contribution in [0.2, 0.25) is 0 Å². The molecule has 0 bridgehead atoms. The van der Waals surface area contributed by atoms with Crippen LogP contribution in [0.3, 0.4) is 0 Å². The Labute approximate surface area is 144 Å². The van der Waals surface area contributed by atoms with Gasteiger partial charge in [-0.05, 0) is 48.0 Å². The molecule has 0 aromatic heterocycles. The zero-order valence-corrected chi connectivity index (χ0v) is 13.4. The first-order valence-electron chi connectivity index (χ1n) is 7.43. The number of primary amides is 1. The maximum Gasteiger partial charge on any atom is 0.265 e. The van der Waals surface area contributed by atoms with E-state index in [1.54, 1.807) is 42.5 Å². The van der Waals surface area contributed by atoms with E-state index in [4.69, 9.17) is 19.9 Å². The molecule has 0 saturated heterocycles. The van der Waals surface area contributed by atoms with Gasteiger partial charge < -0.3 is 25.3 Å². The summed E-state index contributed by atoms with van der Waals surface area (Å²) in [5.74, 6) is 0.620. The Morgan fingerprint density at radius 3 is 2.52 bits per heavy atom. The molecule has 1 aliphatic heterocycles. The van der Waals surface area contributed by atoms with Gasteiger partial charge in [-0.25, -0.2) is 0 Å². The van der Waals surface area contributed by atoms with E-state index in [-0.39, 0.29) is 12.5 Å². The second-order valence-electron chi connectivity index (χ2n) is 5.22. The molecule has 3 N–H and O–H groups in total. The highest BCUT2D eigenvalue weighted by Crippen LogP contribution is 2.33. The molecule has 1 aliphatic rings. The number of nitrogens with one attached hydrogen (secondary N) is 1. The van der Waals surface area contributed by atoms with Crippen molar-refractivity contribution in [2.45, 2.75) is 0 Å². The smallest absolute Gasteiger partial charge is 0.265 e. The molecule has 1 heterocycles. The number of nitrogens with two attached hydrogens (primary N) is 1. The Morgan fingerprint density at radius 1 is 1.12 bits per heavy atom. The number of carbonyl (C=O) groups is 2. The van der Waals surface area contributed by atoms with Crippen LogP contribution in [-0.2, 0) is 4.79 Å². The first-order chi connectivity index (χ1) is 12.1. The third-order valence-corrected chi connectivity index (χ3v) is 3.57. The Bertz CT molecular complexity index is 843. The summed E-state index contributed by atoms with van der Waals surface area (Å²) in [6, 6.07) is 11.6. The van der Waals surface area contributed by atoms with Crippen LogP contribution in [-0.4, -0.2) is 25.7 Å². The Kier molecular flexibility index (Phi) is 4.56. The van der Waals surface area contributed by atoms with Crippen molar-refractivity contribution in [2.75, 3.05) is 13.9 Å². The van der Waals surface area contributed by atoms with Crippen LogP contribution in [0.4, 0.5) is 0 Å². The fraction of sp³-hybridized carbons (Fsp3) is 0.111. The highest BCUT2D eigenvalue weighted by molar-refractivity contribution is 6.04.